The van der Waals surface area contributed by atoms with Crippen molar-refractivity contribution < 1.29 is 12.8 Å². The van der Waals surface area contributed by atoms with Crippen molar-refractivity contribution in [3.05, 3.63) is 83.3 Å². The van der Waals surface area contributed by atoms with Gasteiger partial charge in [-0.1, -0.05) is 23.7 Å². The van der Waals surface area contributed by atoms with Crippen LogP contribution in [-0.4, -0.2) is 13.4 Å². The lowest BCUT2D eigenvalue weighted by Gasteiger charge is -2.09. The molecular weight excluding hydrogens is 377 g/mol. The second-order valence-corrected chi connectivity index (χ2v) is 7.59. The summed E-state index contributed by atoms with van der Waals surface area (Å²) in [5, 5.41) is 3.86. The molecule has 3 rings (SSSR count). The molecule has 134 valence electrons. The zero-order chi connectivity index (χ0) is 18.6. The lowest BCUT2D eigenvalue weighted by molar-refractivity contribution is 0.599. The lowest BCUT2D eigenvalue weighted by atomic mass is 10.2. The summed E-state index contributed by atoms with van der Waals surface area (Å²) in [7, 11) is -3.81. The Bertz CT molecular complexity index is 976. The molecule has 0 bridgehead atoms. The smallest absolute Gasteiger partial charge is 0.263 e. The molecule has 3 aromatic rings. The molecule has 0 amide bonds. The van der Waals surface area contributed by atoms with Crippen molar-refractivity contribution in [2.24, 2.45) is 0 Å². The van der Waals surface area contributed by atoms with Crippen LogP contribution < -0.4 is 10.0 Å². The number of halogens is 2. The van der Waals surface area contributed by atoms with Gasteiger partial charge in [-0.2, -0.15) is 0 Å². The molecule has 0 aliphatic rings. The molecule has 26 heavy (non-hydrogen) atoms. The maximum atomic E-state index is 12.9. The number of hydrogen-bond donors (Lipinski definition) is 2. The van der Waals surface area contributed by atoms with Crippen molar-refractivity contribution in [3.8, 4) is 0 Å². The first-order valence-electron chi connectivity index (χ1n) is 7.65. The van der Waals surface area contributed by atoms with E-state index >= 15 is 0 Å². The van der Waals surface area contributed by atoms with E-state index in [-0.39, 0.29) is 10.7 Å². The van der Waals surface area contributed by atoms with Crippen LogP contribution >= 0.6 is 11.6 Å². The number of nitrogens with one attached hydrogen (secondary N) is 2. The van der Waals surface area contributed by atoms with Crippen LogP contribution in [-0.2, 0) is 16.6 Å². The third kappa shape index (κ3) is 4.71. The van der Waals surface area contributed by atoms with Gasteiger partial charge in [0, 0.05) is 11.6 Å². The van der Waals surface area contributed by atoms with Crippen LogP contribution in [0.5, 0.6) is 0 Å². The molecule has 0 atom stereocenters. The number of nitrogens with zero attached hydrogens (tertiary/aromatic N) is 1. The van der Waals surface area contributed by atoms with Gasteiger partial charge < -0.3 is 5.32 Å². The average Bonchev–Trinajstić information content (AvgIpc) is 2.62. The molecule has 0 aliphatic heterocycles. The number of benzene rings is 2. The third-order valence-electron chi connectivity index (χ3n) is 3.54. The summed E-state index contributed by atoms with van der Waals surface area (Å²) in [6, 6.07) is 15.3. The maximum absolute atomic E-state index is 12.9. The lowest BCUT2D eigenvalue weighted by Crippen LogP contribution is -2.14. The second-order valence-electron chi connectivity index (χ2n) is 5.47. The Kier molecular flexibility index (Phi) is 5.39. The standard InChI is InChI=1S/C18H15ClFN3O2S/c19-14-3-1-13(2-4-14)11-21-16-7-10-18(22-12-16)23-26(24,25)17-8-5-15(20)6-9-17/h1-10,12,21H,11H2,(H,22,23). The number of rotatable bonds is 6. The minimum Gasteiger partial charge on any atom is -0.380 e. The first kappa shape index (κ1) is 18.2. The summed E-state index contributed by atoms with van der Waals surface area (Å²) in [6.07, 6.45) is 1.53. The van der Waals surface area contributed by atoms with Gasteiger partial charge in [0.15, 0.2) is 0 Å². The van der Waals surface area contributed by atoms with Gasteiger partial charge in [0.1, 0.15) is 11.6 Å². The molecule has 8 heteroatoms. The van der Waals surface area contributed by atoms with E-state index in [4.69, 9.17) is 11.6 Å². The molecule has 2 N–H and O–H groups in total. The minimum atomic E-state index is -3.81. The van der Waals surface area contributed by atoms with E-state index in [1.807, 2.05) is 24.3 Å². The van der Waals surface area contributed by atoms with E-state index in [0.29, 0.717) is 11.6 Å². The largest absolute Gasteiger partial charge is 0.380 e. The van der Waals surface area contributed by atoms with Crippen molar-refractivity contribution in [3.63, 3.8) is 0 Å². The molecule has 0 radical (unpaired) electrons. The van der Waals surface area contributed by atoms with Crippen LogP contribution in [0.3, 0.4) is 0 Å². The number of pyridine rings is 1. The molecule has 0 spiro atoms. The van der Waals surface area contributed by atoms with Crippen LogP contribution in [0.25, 0.3) is 0 Å². The molecule has 0 saturated carbocycles. The highest BCUT2D eigenvalue weighted by molar-refractivity contribution is 7.92. The molecule has 0 unspecified atom stereocenters. The number of anilines is 2. The fourth-order valence-corrected chi connectivity index (χ4v) is 3.31. The summed E-state index contributed by atoms with van der Waals surface area (Å²) in [5.41, 5.74) is 1.79. The number of aromatic nitrogens is 1. The molecule has 5 nitrogen and oxygen atoms in total. The van der Waals surface area contributed by atoms with Gasteiger partial charge in [-0.25, -0.2) is 17.8 Å². The Labute approximate surface area is 155 Å². The van der Waals surface area contributed by atoms with Gasteiger partial charge >= 0.3 is 0 Å². The predicted molar refractivity (Wildman–Crippen MR) is 100 cm³/mol. The Morgan fingerprint density at radius 3 is 2.27 bits per heavy atom. The van der Waals surface area contributed by atoms with Crippen molar-refractivity contribution in [1.82, 2.24) is 4.98 Å². The SMILES string of the molecule is O=S(=O)(Nc1ccc(NCc2ccc(Cl)cc2)cn1)c1ccc(F)cc1. The van der Waals surface area contributed by atoms with E-state index in [0.717, 1.165) is 23.4 Å². The van der Waals surface area contributed by atoms with Gasteiger partial charge in [0.25, 0.3) is 10.0 Å². The topological polar surface area (TPSA) is 71.1 Å². The molecule has 2 aromatic carbocycles. The highest BCUT2D eigenvalue weighted by atomic mass is 35.5. The Hall–Kier alpha value is -2.64. The Balaban J connectivity index is 1.63. The van der Waals surface area contributed by atoms with Crippen LogP contribution in [0.4, 0.5) is 15.9 Å². The molecule has 0 fully saturated rings. The summed E-state index contributed by atoms with van der Waals surface area (Å²) >= 11 is 5.85. The van der Waals surface area contributed by atoms with Gasteiger partial charge in [-0.05, 0) is 54.1 Å². The molecule has 1 heterocycles. The fourth-order valence-electron chi connectivity index (χ4n) is 2.18. The number of hydrogen-bond acceptors (Lipinski definition) is 4. The monoisotopic (exact) mass is 391 g/mol. The highest BCUT2D eigenvalue weighted by Crippen LogP contribution is 2.17. The zero-order valence-corrected chi connectivity index (χ0v) is 15.1. The maximum Gasteiger partial charge on any atom is 0.263 e. The first-order valence-corrected chi connectivity index (χ1v) is 9.51. The van der Waals surface area contributed by atoms with E-state index in [9.17, 15) is 12.8 Å². The molecule has 0 saturated heterocycles. The summed E-state index contributed by atoms with van der Waals surface area (Å²) in [6.45, 7) is 0.583. The Morgan fingerprint density at radius 2 is 1.65 bits per heavy atom. The van der Waals surface area contributed by atoms with Crippen LogP contribution in [0.2, 0.25) is 5.02 Å². The van der Waals surface area contributed by atoms with Crippen molar-refractivity contribution in [2.75, 3.05) is 10.0 Å². The van der Waals surface area contributed by atoms with E-state index < -0.39 is 15.8 Å². The number of sulfonamides is 1. The van der Waals surface area contributed by atoms with Crippen molar-refractivity contribution in [1.29, 1.82) is 0 Å². The third-order valence-corrected chi connectivity index (χ3v) is 5.16. The summed E-state index contributed by atoms with van der Waals surface area (Å²) < 4.78 is 39.7. The Morgan fingerprint density at radius 1 is 0.962 bits per heavy atom. The molecular formula is C18H15ClFN3O2S. The van der Waals surface area contributed by atoms with Crippen molar-refractivity contribution in [2.45, 2.75) is 11.4 Å². The summed E-state index contributed by atoms with van der Waals surface area (Å²) in [4.78, 5) is 4.05. The van der Waals surface area contributed by atoms with E-state index in [1.54, 1.807) is 12.1 Å². The first-order chi connectivity index (χ1) is 12.4. The normalized spacial score (nSPS) is 11.2. The molecule has 1 aromatic heterocycles. The second kappa shape index (κ2) is 7.72. The van der Waals surface area contributed by atoms with Gasteiger partial charge in [-0.15, -0.1) is 0 Å². The quantitative estimate of drug-likeness (QED) is 0.657. The fraction of sp³-hybridized carbons (Fsp3) is 0.0556. The van der Waals surface area contributed by atoms with Crippen LogP contribution in [0.1, 0.15) is 5.56 Å². The van der Waals surface area contributed by atoms with Crippen LogP contribution in [0.15, 0.2) is 71.8 Å². The van der Waals surface area contributed by atoms with Crippen LogP contribution in [0, 0.1) is 5.82 Å². The highest BCUT2D eigenvalue weighted by Gasteiger charge is 2.14. The van der Waals surface area contributed by atoms with Gasteiger partial charge in [0.2, 0.25) is 0 Å². The van der Waals surface area contributed by atoms with Gasteiger partial charge in [0.05, 0.1) is 16.8 Å². The molecule has 0 aliphatic carbocycles. The van der Waals surface area contributed by atoms with Crippen molar-refractivity contribution >= 4 is 33.1 Å². The zero-order valence-electron chi connectivity index (χ0n) is 13.5. The average molecular weight is 392 g/mol. The predicted octanol–water partition coefficient (Wildman–Crippen LogP) is 4.29. The summed E-state index contributed by atoms with van der Waals surface area (Å²) in [5.74, 6) is -0.329. The minimum absolute atomic E-state index is 0.0364. The van der Waals surface area contributed by atoms with E-state index in [2.05, 4.69) is 15.0 Å². The van der Waals surface area contributed by atoms with E-state index in [1.165, 1.54) is 18.3 Å². The van der Waals surface area contributed by atoms with Gasteiger partial charge in [-0.3, -0.25) is 4.72 Å².